The van der Waals surface area contributed by atoms with Crippen molar-refractivity contribution in [1.29, 1.82) is 0 Å². The third kappa shape index (κ3) is 3.44. The van der Waals surface area contributed by atoms with Crippen LogP contribution in [0, 0.1) is 6.92 Å². The number of nitrogens with one attached hydrogen (secondary N) is 1. The Balaban J connectivity index is 1.70. The molecule has 1 aromatic carbocycles. The van der Waals surface area contributed by atoms with E-state index in [2.05, 4.69) is 14.9 Å². The standard InChI is InChI=1S/C21H24ClN5O/c1-13-11-15(19-20(23-13)27-10-6-4-5-7-18(27)25-19)21(28)24-14-8-9-17(26(2)3)16(22)12-14/h8-9,11-12H,4-7,10H2,1-3H3,(H,24,28). The van der Waals surface area contributed by atoms with Crippen molar-refractivity contribution < 1.29 is 4.79 Å². The molecule has 1 aliphatic rings. The van der Waals surface area contributed by atoms with Gasteiger partial charge in [0.25, 0.3) is 5.91 Å². The topological polar surface area (TPSA) is 63.1 Å². The van der Waals surface area contributed by atoms with Gasteiger partial charge >= 0.3 is 0 Å². The van der Waals surface area contributed by atoms with Crippen LogP contribution >= 0.6 is 11.6 Å². The Hall–Kier alpha value is -2.60. The summed E-state index contributed by atoms with van der Waals surface area (Å²) in [5.74, 6) is 0.829. The molecule has 0 radical (unpaired) electrons. The number of rotatable bonds is 3. The number of anilines is 2. The number of aromatic nitrogens is 3. The van der Waals surface area contributed by atoms with E-state index < -0.39 is 0 Å². The van der Waals surface area contributed by atoms with Crippen molar-refractivity contribution in [2.24, 2.45) is 0 Å². The van der Waals surface area contributed by atoms with Gasteiger partial charge in [-0.15, -0.1) is 0 Å². The zero-order valence-corrected chi connectivity index (χ0v) is 17.2. The second-order valence-electron chi connectivity index (χ2n) is 7.49. The number of carbonyl (C=O) groups excluding carboxylic acids is 1. The second-order valence-corrected chi connectivity index (χ2v) is 7.90. The molecule has 4 rings (SSSR count). The number of pyridine rings is 1. The first kappa shape index (κ1) is 18.7. The van der Waals surface area contributed by atoms with Gasteiger partial charge in [-0.3, -0.25) is 4.79 Å². The summed E-state index contributed by atoms with van der Waals surface area (Å²) >= 11 is 6.34. The fourth-order valence-electron chi connectivity index (χ4n) is 3.73. The zero-order valence-electron chi connectivity index (χ0n) is 16.4. The molecule has 0 aliphatic carbocycles. The van der Waals surface area contributed by atoms with Crippen LogP contribution in [0.15, 0.2) is 24.3 Å². The Morgan fingerprint density at radius 1 is 1.18 bits per heavy atom. The lowest BCUT2D eigenvalue weighted by atomic mass is 10.1. The highest BCUT2D eigenvalue weighted by Crippen LogP contribution is 2.29. The summed E-state index contributed by atoms with van der Waals surface area (Å²) in [5, 5.41) is 3.55. The third-order valence-electron chi connectivity index (χ3n) is 5.12. The summed E-state index contributed by atoms with van der Waals surface area (Å²) in [6, 6.07) is 7.32. The van der Waals surface area contributed by atoms with E-state index in [9.17, 15) is 4.79 Å². The maximum absolute atomic E-state index is 13.0. The second kappa shape index (κ2) is 7.43. The maximum Gasteiger partial charge on any atom is 0.258 e. The number of hydrogen-bond donors (Lipinski definition) is 1. The minimum atomic E-state index is -0.197. The smallest absolute Gasteiger partial charge is 0.258 e. The summed E-state index contributed by atoms with van der Waals surface area (Å²) in [6.45, 7) is 2.82. The number of carbonyl (C=O) groups is 1. The number of fused-ring (bicyclic) bond motifs is 3. The van der Waals surface area contributed by atoms with Crippen LogP contribution in [0.2, 0.25) is 5.02 Å². The van der Waals surface area contributed by atoms with Crippen LogP contribution in [0.5, 0.6) is 0 Å². The largest absolute Gasteiger partial charge is 0.376 e. The molecule has 1 N–H and O–H groups in total. The minimum absolute atomic E-state index is 0.197. The summed E-state index contributed by atoms with van der Waals surface area (Å²) in [5.41, 5.74) is 4.41. The summed E-state index contributed by atoms with van der Waals surface area (Å²) < 4.78 is 2.18. The molecule has 0 spiro atoms. The molecule has 2 aromatic heterocycles. The minimum Gasteiger partial charge on any atom is -0.376 e. The van der Waals surface area contributed by atoms with E-state index in [1.165, 1.54) is 6.42 Å². The normalized spacial score (nSPS) is 13.9. The Bertz CT molecular complexity index is 1060. The van der Waals surface area contributed by atoms with Crippen LogP contribution in [-0.2, 0) is 13.0 Å². The molecule has 0 saturated heterocycles. The van der Waals surface area contributed by atoms with Crippen LogP contribution in [0.25, 0.3) is 11.2 Å². The maximum atomic E-state index is 13.0. The van der Waals surface area contributed by atoms with E-state index in [-0.39, 0.29) is 5.91 Å². The van der Waals surface area contributed by atoms with Gasteiger partial charge < -0.3 is 14.8 Å². The number of aryl methyl sites for hydroxylation is 3. The Morgan fingerprint density at radius 3 is 2.75 bits per heavy atom. The molecule has 146 valence electrons. The molecule has 0 saturated carbocycles. The Labute approximate surface area is 169 Å². The molecule has 3 aromatic rings. The van der Waals surface area contributed by atoms with Crippen molar-refractivity contribution in [3.8, 4) is 0 Å². The van der Waals surface area contributed by atoms with Crippen LogP contribution in [0.3, 0.4) is 0 Å². The van der Waals surface area contributed by atoms with Crippen molar-refractivity contribution in [1.82, 2.24) is 14.5 Å². The SMILES string of the molecule is Cc1cc(C(=O)Nc2ccc(N(C)C)c(Cl)c2)c2nc3n(c2n1)CCCCC3. The molecule has 7 heteroatoms. The molecule has 3 heterocycles. The fraction of sp³-hybridized carbons (Fsp3) is 0.381. The number of nitrogens with zero attached hydrogens (tertiary/aromatic N) is 4. The summed E-state index contributed by atoms with van der Waals surface area (Å²) in [6.07, 6.45) is 4.37. The average molecular weight is 398 g/mol. The number of halogens is 1. The van der Waals surface area contributed by atoms with Crippen molar-refractivity contribution in [2.75, 3.05) is 24.3 Å². The predicted molar refractivity (Wildman–Crippen MR) is 114 cm³/mol. The van der Waals surface area contributed by atoms with Gasteiger partial charge in [-0.1, -0.05) is 18.0 Å². The molecule has 0 atom stereocenters. The molecule has 0 bridgehead atoms. The van der Waals surface area contributed by atoms with Crippen LogP contribution in [0.1, 0.15) is 41.1 Å². The predicted octanol–water partition coefficient (Wildman–Crippen LogP) is 4.44. The van der Waals surface area contributed by atoms with Gasteiger partial charge in [-0.25, -0.2) is 9.97 Å². The quantitative estimate of drug-likeness (QED) is 0.709. The van der Waals surface area contributed by atoms with Gasteiger partial charge in [0.05, 0.1) is 16.3 Å². The Kier molecular flexibility index (Phi) is 4.98. The first-order valence-corrected chi connectivity index (χ1v) is 9.97. The molecule has 0 unspecified atom stereocenters. The van der Waals surface area contributed by atoms with Gasteiger partial charge in [0.15, 0.2) is 5.65 Å². The summed E-state index contributed by atoms with van der Waals surface area (Å²) in [7, 11) is 3.86. The van der Waals surface area contributed by atoms with E-state index >= 15 is 0 Å². The lowest BCUT2D eigenvalue weighted by Crippen LogP contribution is -2.14. The monoisotopic (exact) mass is 397 g/mol. The third-order valence-corrected chi connectivity index (χ3v) is 5.43. The van der Waals surface area contributed by atoms with Crippen molar-refractivity contribution >= 4 is 40.0 Å². The van der Waals surface area contributed by atoms with Gasteiger partial charge in [0, 0.05) is 38.4 Å². The molecule has 28 heavy (non-hydrogen) atoms. The van der Waals surface area contributed by atoms with Crippen LogP contribution in [-0.4, -0.2) is 34.5 Å². The number of benzene rings is 1. The zero-order chi connectivity index (χ0) is 19.8. The number of amides is 1. The first-order valence-electron chi connectivity index (χ1n) is 9.59. The molecular formula is C21H24ClN5O. The van der Waals surface area contributed by atoms with Crippen LogP contribution in [0.4, 0.5) is 11.4 Å². The highest BCUT2D eigenvalue weighted by atomic mass is 35.5. The highest BCUT2D eigenvalue weighted by molar-refractivity contribution is 6.33. The van der Waals surface area contributed by atoms with Gasteiger partial charge in [-0.2, -0.15) is 0 Å². The van der Waals surface area contributed by atoms with Crippen LogP contribution < -0.4 is 10.2 Å². The lowest BCUT2D eigenvalue weighted by Gasteiger charge is -2.15. The highest BCUT2D eigenvalue weighted by Gasteiger charge is 2.21. The van der Waals surface area contributed by atoms with Crippen molar-refractivity contribution in [3.05, 3.63) is 46.4 Å². The van der Waals surface area contributed by atoms with Gasteiger partial charge in [-0.05, 0) is 44.0 Å². The fourth-order valence-corrected chi connectivity index (χ4v) is 4.08. The van der Waals surface area contributed by atoms with Crippen molar-refractivity contribution in [3.63, 3.8) is 0 Å². The average Bonchev–Trinajstić information content (AvgIpc) is 2.82. The van der Waals surface area contributed by atoms with E-state index in [1.807, 2.05) is 38.1 Å². The van der Waals surface area contributed by atoms with Crippen molar-refractivity contribution in [2.45, 2.75) is 39.2 Å². The lowest BCUT2D eigenvalue weighted by molar-refractivity contribution is 0.102. The van der Waals surface area contributed by atoms with E-state index in [0.29, 0.717) is 21.8 Å². The Morgan fingerprint density at radius 2 is 2.00 bits per heavy atom. The first-order chi connectivity index (χ1) is 13.4. The van der Waals surface area contributed by atoms with E-state index in [4.69, 9.17) is 16.6 Å². The molecule has 6 nitrogen and oxygen atoms in total. The summed E-state index contributed by atoms with van der Waals surface area (Å²) in [4.78, 5) is 24.4. The molecule has 0 fully saturated rings. The van der Waals surface area contributed by atoms with Gasteiger partial charge in [0.1, 0.15) is 11.3 Å². The van der Waals surface area contributed by atoms with E-state index in [0.717, 1.165) is 48.7 Å². The molecule has 1 aliphatic heterocycles. The number of imidazole rings is 1. The molecular weight excluding hydrogens is 374 g/mol. The van der Waals surface area contributed by atoms with E-state index in [1.54, 1.807) is 12.1 Å². The molecule has 1 amide bonds. The van der Waals surface area contributed by atoms with Gasteiger partial charge in [0.2, 0.25) is 0 Å². The number of hydrogen-bond acceptors (Lipinski definition) is 4.